The van der Waals surface area contributed by atoms with Crippen molar-refractivity contribution in [1.82, 2.24) is 4.98 Å². The average Bonchev–Trinajstić information content (AvgIpc) is 2.17. The van der Waals surface area contributed by atoms with Crippen LogP contribution in [-0.4, -0.2) is 21.1 Å². The molecule has 1 aromatic heterocycles. The molecule has 13 heavy (non-hydrogen) atoms. The number of nitro groups is 1. The first-order valence-corrected chi connectivity index (χ1v) is 3.85. The van der Waals surface area contributed by atoms with Crippen LogP contribution in [0.4, 0.5) is 0 Å². The van der Waals surface area contributed by atoms with E-state index in [1.807, 2.05) is 0 Å². The summed E-state index contributed by atoms with van der Waals surface area (Å²) in [6.07, 6.45) is 0.349. The lowest BCUT2D eigenvalue weighted by atomic mass is 10.1. The van der Waals surface area contributed by atoms with Gasteiger partial charge in [0.05, 0.1) is 5.69 Å². The molecule has 2 atom stereocenters. The van der Waals surface area contributed by atoms with E-state index in [2.05, 4.69) is 4.98 Å². The van der Waals surface area contributed by atoms with Crippen LogP contribution < -0.4 is 0 Å². The van der Waals surface area contributed by atoms with Gasteiger partial charge in [0.1, 0.15) is 0 Å². The van der Waals surface area contributed by atoms with Crippen molar-refractivity contribution in [2.24, 2.45) is 0 Å². The van der Waals surface area contributed by atoms with Crippen molar-refractivity contribution in [3.05, 3.63) is 40.2 Å². The van der Waals surface area contributed by atoms with Gasteiger partial charge in [-0.25, -0.2) is 0 Å². The largest absolute Gasteiger partial charge is 0.380 e. The Morgan fingerprint density at radius 3 is 2.77 bits per heavy atom. The van der Waals surface area contributed by atoms with Crippen LogP contribution in [-0.2, 0) is 0 Å². The molecule has 0 unspecified atom stereocenters. The summed E-state index contributed by atoms with van der Waals surface area (Å²) < 4.78 is 0. The van der Waals surface area contributed by atoms with Gasteiger partial charge in [-0.1, -0.05) is 6.07 Å². The molecule has 5 nitrogen and oxygen atoms in total. The number of aliphatic hydroxyl groups is 1. The molecule has 0 radical (unpaired) electrons. The molecule has 1 N–H and O–H groups in total. The van der Waals surface area contributed by atoms with E-state index >= 15 is 0 Å². The number of pyridine rings is 1. The van der Waals surface area contributed by atoms with Gasteiger partial charge in [-0.2, -0.15) is 0 Å². The summed E-state index contributed by atoms with van der Waals surface area (Å²) in [5.74, 6) is 0. The molecule has 0 fully saturated rings. The number of aliphatic hydroxyl groups excluding tert-OH is 1. The Morgan fingerprint density at radius 2 is 2.31 bits per heavy atom. The third-order valence-electron chi connectivity index (χ3n) is 1.78. The summed E-state index contributed by atoms with van der Waals surface area (Å²) in [6.45, 7) is 1.35. The molecule has 1 rings (SSSR count). The highest BCUT2D eigenvalue weighted by atomic mass is 16.6. The van der Waals surface area contributed by atoms with Gasteiger partial charge in [-0.05, 0) is 12.1 Å². The van der Waals surface area contributed by atoms with E-state index < -0.39 is 17.1 Å². The van der Waals surface area contributed by atoms with Crippen molar-refractivity contribution >= 4 is 0 Å². The van der Waals surface area contributed by atoms with Gasteiger partial charge in [-0.3, -0.25) is 15.1 Å². The van der Waals surface area contributed by atoms with E-state index in [1.54, 1.807) is 18.2 Å². The van der Waals surface area contributed by atoms with Crippen molar-refractivity contribution in [3.63, 3.8) is 0 Å². The lowest BCUT2D eigenvalue weighted by Gasteiger charge is -2.10. The molecule has 1 aromatic rings. The molecule has 0 aliphatic rings. The second-order valence-electron chi connectivity index (χ2n) is 2.73. The minimum absolute atomic E-state index is 0.326. The standard InChI is InChI=1S/C8H10N2O3/c1-6(10(12)13)8(11)7-4-2-3-5-9-7/h2-6,8,11H,1H3/t6-,8+/m1/s1. The SMILES string of the molecule is C[C@H]([C@H](O)c1ccccn1)[N+](=O)[O-]. The van der Waals surface area contributed by atoms with E-state index in [0.717, 1.165) is 0 Å². The second-order valence-corrected chi connectivity index (χ2v) is 2.73. The fourth-order valence-electron chi connectivity index (χ4n) is 0.913. The van der Waals surface area contributed by atoms with Crippen molar-refractivity contribution in [2.75, 3.05) is 0 Å². The zero-order chi connectivity index (χ0) is 9.84. The molecule has 0 saturated heterocycles. The summed E-state index contributed by atoms with van der Waals surface area (Å²) in [5.41, 5.74) is 0.326. The highest BCUT2D eigenvalue weighted by Gasteiger charge is 2.26. The van der Waals surface area contributed by atoms with Gasteiger partial charge >= 0.3 is 0 Å². The summed E-state index contributed by atoms with van der Waals surface area (Å²) >= 11 is 0. The van der Waals surface area contributed by atoms with Crippen LogP contribution in [0.25, 0.3) is 0 Å². The van der Waals surface area contributed by atoms with Crippen LogP contribution in [0.5, 0.6) is 0 Å². The number of hydrogen-bond donors (Lipinski definition) is 1. The van der Waals surface area contributed by atoms with E-state index in [-0.39, 0.29) is 0 Å². The Balaban J connectivity index is 2.79. The summed E-state index contributed by atoms with van der Waals surface area (Å²) in [7, 11) is 0. The maximum Gasteiger partial charge on any atom is 0.241 e. The Bertz CT molecular complexity index is 289. The van der Waals surface area contributed by atoms with Crippen LogP contribution in [0, 0.1) is 10.1 Å². The van der Waals surface area contributed by atoms with E-state index in [4.69, 9.17) is 0 Å². The summed E-state index contributed by atoms with van der Waals surface area (Å²) in [5, 5.41) is 19.8. The third kappa shape index (κ3) is 2.22. The Kier molecular flexibility index (Phi) is 2.92. The first-order valence-electron chi connectivity index (χ1n) is 3.85. The Hall–Kier alpha value is -1.49. The number of rotatable bonds is 3. The fourth-order valence-corrected chi connectivity index (χ4v) is 0.913. The van der Waals surface area contributed by atoms with Crippen molar-refractivity contribution in [3.8, 4) is 0 Å². The van der Waals surface area contributed by atoms with Gasteiger partial charge in [0.25, 0.3) is 0 Å². The molecule has 0 saturated carbocycles. The van der Waals surface area contributed by atoms with Crippen molar-refractivity contribution in [1.29, 1.82) is 0 Å². The summed E-state index contributed by atoms with van der Waals surface area (Å²) in [6, 6.07) is 3.89. The smallest absolute Gasteiger partial charge is 0.241 e. The van der Waals surface area contributed by atoms with Crippen LogP contribution >= 0.6 is 0 Å². The molecule has 70 valence electrons. The predicted molar refractivity (Wildman–Crippen MR) is 45.7 cm³/mol. The van der Waals surface area contributed by atoms with Crippen molar-refractivity contribution < 1.29 is 10.0 Å². The van der Waals surface area contributed by atoms with Gasteiger partial charge in [0.15, 0.2) is 6.10 Å². The Labute approximate surface area is 75.2 Å². The molecular weight excluding hydrogens is 172 g/mol. The molecule has 0 spiro atoms. The van der Waals surface area contributed by atoms with Crippen LogP contribution in [0.3, 0.4) is 0 Å². The minimum atomic E-state index is -1.14. The highest BCUT2D eigenvalue weighted by Crippen LogP contribution is 2.15. The van der Waals surface area contributed by atoms with E-state index in [1.165, 1.54) is 13.1 Å². The minimum Gasteiger partial charge on any atom is -0.380 e. The maximum absolute atomic E-state index is 10.3. The molecular formula is C8H10N2O3. The maximum atomic E-state index is 10.3. The van der Waals surface area contributed by atoms with Crippen molar-refractivity contribution in [2.45, 2.75) is 19.1 Å². The topological polar surface area (TPSA) is 76.3 Å². The Morgan fingerprint density at radius 1 is 1.62 bits per heavy atom. The molecule has 0 amide bonds. The number of aromatic nitrogens is 1. The van der Waals surface area contributed by atoms with Crippen LogP contribution in [0.2, 0.25) is 0 Å². The monoisotopic (exact) mass is 182 g/mol. The lowest BCUT2D eigenvalue weighted by molar-refractivity contribution is -0.531. The van der Waals surface area contributed by atoms with Gasteiger partial charge < -0.3 is 5.11 Å². The van der Waals surface area contributed by atoms with Gasteiger partial charge in [0.2, 0.25) is 6.04 Å². The molecule has 0 bridgehead atoms. The highest BCUT2D eigenvalue weighted by molar-refractivity contribution is 5.07. The fraction of sp³-hybridized carbons (Fsp3) is 0.375. The second kappa shape index (κ2) is 3.95. The van der Waals surface area contributed by atoms with E-state index in [0.29, 0.717) is 5.69 Å². The number of hydrogen-bond acceptors (Lipinski definition) is 4. The van der Waals surface area contributed by atoms with Gasteiger partial charge in [-0.15, -0.1) is 0 Å². The first kappa shape index (κ1) is 9.60. The van der Waals surface area contributed by atoms with Crippen LogP contribution in [0.1, 0.15) is 18.7 Å². The molecule has 0 aromatic carbocycles. The van der Waals surface area contributed by atoms with E-state index in [9.17, 15) is 15.2 Å². The zero-order valence-electron chi connectivity index (χ0n) is 7.12. The molecule has 0 aliphatic carbocycles. The zero-order valence-corrected chi connectivity index (χ0v) is 7.12. The molecule has 1 heterocycles. The predicted octanol–water partition coefficient (Wildman–Crippen LogP) is 0.780. The normalized spacial score (nSPS) is 14.9. The number of nitrogens with zero attached hydrogens (tertiary/aromatic N) is 2. The molecule has 5 heteroatoms. The summed E-state index contributed by atoms with van der Waals surface area (Å²) in [4.78, 5) is 13.6. The van der Waals surface area contributed by atoms with Crippen LogP contribution in [0.15, 0.2) is 24.4 Å². The first-order chi connectivity index (χ1) is 6.13. The quantitative estimate of drug-likeness (QED) is 0.553. The average molecular weight is 182 g/mol. The third-order valence-corrected chi connectivity index (χ3v) is 1.78. The molecule has 0 aliphatic heterocycles. The van der Waals surface area contributed by atoms with Gasteiger partial charge in [0, 0.05) is 18.0 Å². The lowest BCUT2D eigenvalue weighted by Crippen LogP contribution is -2.24.